The number of rotatable bonds is 6. The van der Waals surface area contributed by atoms with Crippen molar-refractivity contribution >= 4 is 22.8 Å². The first kappa shape index (κ1) is 24.1. The molecule has 0 unspecified atom stereocenters. The van der Waals surface area contributed by atoms with Gasteiger partial charge in [-0.15, -0.1) is 0 Å². The number of hydrogen-bond acceptors (Lipinski definition) is 5. The van der Waals surface area contributed by atoms with E-state index in [9.17, 15) is 9.59 Å². The maximum Gasteiger partial charge on any atom is 0.328 e. The van der Waals surface area contributed by atoms with Gasteiger partial charge >= 0.3 is 11.9 Å². The zero-order valence-corrected chi connectivity index (χ0v) is 18.7. The number of carbonyl (C=O) groups is 2. The fourth-order valence-electron chi connectivity index (χ4n) is 3.97. The molecule has 3 aromatic rings. The summed E-state index contributed by atoms with van der Waals surface area (Å²) in [5.74, 6) is -0.995. The van der Waals surface area contributed by atoms with Crippen LogP contribution in [-0.4, -0.2) is 50.1 Å². The summed E-state index contributed by atoms with van der Waals surface area (Å²) in [4.78, 5) is 31.3. The zero-order valence-electron chi connectivity index (χ0n) is 18.7. The van der Waals surface area contributed by atoms with Gasteiger partial charge in [-0.05, 0) is 37.6 Å². The van der Waals surface area contributed by atoms with Crippen LogP contribution in [-0.2, 0) is 22.6 Å². The number of para-hydroxylation sites is 1. The zero-order chi connectivity index (χ0) is 23.6. The fourth-order valence-corrected chi connectivity index (χ4v) is 3.97. The summed E-state index contributed by atoms with van der Waals surface area (Å²) in [6, 6.07) is 19.2. The van der Waals surface area contributed by atoms with Gasteiger partial charge in [0.1, 0.15) is 5.82 Å². The van der Waals surface area contributed by atoms with E-state index in [2.05, 4.69) is 66.4 Å². The second-order valence-electron chi connectivity index (χ2n) is 7.94. The molecule has 33 heavy (non-hydrogen) atoms. The van der Waals surface area contributed by atoms with Gasteiger partial charge in [-0.2, -0.15) is 0 Å². The highest BCUT2D eigenvalue weighted by Gasteiger charge is 2.24. The van der Waals surface area contributed by atoms with Crippen molar-refractivity contribution in [3.05, 3.63) is 83.8 Å². The van der Waals surface area contributed by atoms with Crippen LogP contribution in [0.5, 0.6) is 0 Å². The minimum absolute atomic E-state index is 0.547. The minimum Gasteiger partial charge on any atom is -0.478 e. The lowest BCUT2D eigenvalue weighted by Gasteiger charge is -2.32. The van der Waals surface area contributed by atoms with E-state index in [1.165, 1.54) is 29.5 Å². The first-order valence-electron chi connectivity index (χ1n) is 11.1. The Hall–Kier alpha value is -3.58. The van der Waals surface area contributed by atoms with Crippen LogP contribution in [0.2, 0.25) is 0 Å². The van der Waals surface area contributed by atoms with E-state index < -0.39 is 11.9 Å². The Morgan fingerprint density at radius 2 is 1.55 bits per heavy atom. The number of likely N-dealkylation sites (tertiary alicyclic amines) is 1. The summed E-state index contributed by atoms with van der Waals surface area (Å²) in [6.45, 7) is 5.47. The molecule has 1 aliphatic heterocycles. The summed E-state index contributed by atoms with van der Waals surface area (Å²) in [5.41, 5.74) is 3.76. The van der Waals surface area contributed by atoms with Crippen molar-refractivity contribution in [1.82, 2.24) is 14.9 Å². The Bertz CT molecular complexity index is 1090. The van der Waals surface area contributed by atoms with Crippen molar-refractivity contribution in [2.75, 3.05) is 13.1 Å². The summed E-state index contributed by atoms with van der Waals surface area (Å²) in [7, 11) is 0. The van der Waals surface area contributed by atoms with Gasteiger partial charge in [0.05, 0.1) is 11.2 Å². The molecule has 1 aliphatic rings. The molecule has 7 nitrogen and oxygen atoms in total. The van der Waals surface area contributed by atoms with E-state index in [0.717, 1.165) is 37.4 Å². The van der Waals surface area contributed by atoms with Gasteiger partial charge in [-0.3, -0.25) is 4.90 Å². The Labute approximate surface area is 193 Å². The molecule has 172 valence electrons. The predicted molar refractivity (Wildman–Crippen MR) is 127 cm³/mol. The predicted octanol–water partition coefficient (Wildman–Crippen LogP) is 4.28. The molecule has 1 saturated heterocycles. The molecule has 0 saturated carbocycles. The van der Waals surface area contributed by atoms with Gasteiger partial charge in [0, 0.05) is 36.4 Å². The summed E-state index contributed by atoms with van der Waals surface area (Å²) >= 11 is 0. The maximum absolute atomic E-state index is 9.55. The number of benzene rings is 2. The van der Waals surface area contributed by atoms with E-state index in [4.69, 9.17) is 20.2 Å². The Morgan fingerprint density at radius 3 is 2.15 bits per heavy atom. The van der Waals surface area contributed by atoms with Crippen molar-refractivity contribution in [2.24, 2.45) is 0 Å². The lowest BCUT2D eigenvalue weighted by Crippen LogP contribution is -2.32. The Morgan fingerprint density at radius 1 is 0.939 bits per heavy atom. The SMILES string of the molecule is CCc1nc(C2CCN(Cc3ccccc3)CC2)c2ccccc2n1.O=C(O)C=CC(=O)O. The number of piperidine rings is 1. The lowest BCUT2D eigenvalue weighted by molar-refractivity contribution is -0.134. The average molecular weight is 448 g/mol. The van der Waals surface area contributed by atoms with Crippen LogP contribution in [0.3, 0.4) is 0 Å². The molecule has 4 rings (SSSR count). The van der Waals surface area contributed by atoms with Gasteiger partial charge in [-0.25, -0.2) is 19.6 Å². The van der Waals surface area contributed by atoms with Crippen molar-refractivity contribution in [2.45, 2.75) is 38.6 Å². The van der Waals surface area contributed by atoms with Crippen LogP contribution in [0.4, 0.5) is 0 Å². The molecule has 0 spiro atoms. The molecule has 0 radical (unpaired) electrons. The molecule has 0 aliphatic carbocycles. The molecule has 0 amide bonds. The van der Waals surface area contributed by atoms with Crippen molar-refractivity contribution in [3.8, 4) is 0 Å². The van der Waals surface area contributed by atoms with Crippen molar-refractivity contribution in [1.29, 1.82) is 0 Å². The van der Waals surface area contributed by atoms with Crippen LogP contribution >= 0.6 is 0 Å². The number of hydrogen-bond donors (Lipinski definition) is 2. The molecule has 2 aromatic carbocycles. The van der Waals surface area contributed by atoms with E-state index in [1.807, 2.05) is 0 Å². The third-order valence-electron chi connectivity index (χ3n) is 5.59. The highest BCUT2D eigenvalue weighted by molar-refractivity contribution is 5.89. The second-order valence-corrected chi connectivity index (χ2v) is 7.94. The fraction of sp³-hybridized carbons (Fsp3) is 0.308. The smallest absolute Gasteiger partial charge is 0.328 e. The van der Waals surface area contributed by atoms with Crippen LogP contribution in [0, 0.1) is 0 Å². The van der Waals surface area contributed by atoms with E-state index in [-0.39, 0.29) is 0 Å². The summed E-state index contributed by atoms with van der Waals surface area (Å²) in [6.07, 6.45) is 4.36. The number of fused-ring (bicyclic) bond motifs is 1. The first-order valence-corrected chi connectivity index (χ1v) is 11.1. The third kappa shape index (κ3) is 7.22. The number of aryl methyl sites for hydroxylation is 1. The van der Waals surface area contributed by atoms with Crippen LogP contribution in [0.25, 0.3) is 10.9 Å². The molecule has 7 heteroatoms. The average Bonchev–Trinajstić information content (AvgIpc) is 2.83. The molecule has 0 bridgehead atoms. The number of aliphatic carboxylic acids is 2. The van der Waals surface area contributed by atoms with Gasteiger partial charge in [0.15, 0.2) is 0 Å². The maximum atomic E-state index is 9.55. The third-order valence-corrected chi connectivity index (χ3v) is 5.59. The minimum atomic E-state index is -1.26. The van der Waals surface area contributed by atoms with Gasteiger partial charge in [0.25, 0.3) is 0 Å². The normalized spacial score (nSPS) is 14.7. The second kappa shape index (κ2) is 11.9. The summed E-state index contributed by atoms with van der Waals surface area (Å²) < 4.78 is 0. The highest BCUT2D eigenvalue weighted by atomic mass is 16.4. The standard InChI is InChI=1S/C22H25N3.C4H4O4/c1-2-21-23-20-11-7-6-10-19(20)22(24-21)18-12-14-25(15-13-18)16-17-8-4-3-5-9-17;5-3(6)1-2-4(7)8/h3-11,18H,2,12-16H2,1H3;1-2H,(H,5,6)(H,7,8). The number of carboxylic acids is 2. The van der Waals surface area contributed by atoms with Gasteiger partial charge < -0.3 is 10.2 Å². The summed E-state index contributed by atoms with van der Waals surface area (Å²) in [5, 5.41) is 16.9. The monoisotopic (exact) mass is 447 g/mol. The van der Waals surface area contributed by atoms with Crippen molar-refractivity contribution < 1.29 is 19.8 Å². The highest BCUT2D eigenvalue weighted by Crippen LogP contribution is 2.31. The van der Waals surface area contributed by atoms with Crippen molar-refractivity contribution in [3.63, 3.8) is 0 Å². The molecule has 1 fully saturated rings. The molecule has 1 aromatic heterocycles. The number of nitrogens with zero attached hydrogens (tertiary/aromatic N) is 3. The Kier molecular flexibility index (Phi) is 8.66. The molecule has 2 N–H and O–H groups in total. The van der Waals surface area contributed by atoms with E-state index in [1.54, 1.807) is 0 Å². The van der Waals surface area contributed by atoms with Gasteiger partial charge in [-0.1, -0.05) is 55.5 Å². The quantitative estimate of drug-likeness (QED) is 0.544. The molecular weight excluding hydrogens is 418 g/mol. The number of aromatic nitrogens is 2. The van der Waals surface area contributed by atoms with Crippen LogP contribution in [0.1, 0.15) is 42.8 Å². The Balaban J connectivity index is 0.000000331. The molecule has 2 heterocycles. The lowest BCUT2D eigenvalue weighted by atomic mass is 9.90. The van der Waals surface area contributed by atoms with E-state index in [0.29, 0.717) is 18.1 Å². The first-order chi connectivity index (χ1) is 16.0. The largest absolute Gasteiger partial charge is 0.478 e. The van der Waals surface area contributed by atoms with Gasteiger partial charge in [0.2, 0.25) is 0 Å². The molecule has 0 atom stereocenters. The molecular formula is C26H29N3O4. The van der Waals surface area contributed by atoms with Crippen LogP contribution in [0.15, 0.2) is 66.7 Å². The van der Waals surface area contributed by atoms with Crippen LogP contribution < -0.4 is 0 Å². The number of carboxylic acid groups (broad SMARTS) is 2. The van der Waals surface area contributed by atoms with E-state index >= 15 is 0 Å². The topological polar surface area (TPSA) is 104 Å².